The molecule has 0 saturated heterocycles. The number of hydrogen-bond donors (Lipinski definition) is 2. The molecule has 1 atom stereocenters. The molecule has 2 aromatic carbocycles. The Morgan fingerprint density at radius 2 is 1.79 bits per heavy atom. The summed E-state index contributed by atoms with van der Waals surface area (Å²) in [6.45, 7) is 1.99. The highest BCUT2D eigenvalue weighted by Crippen LogP contribution is 2.39. The van der Waals surface area contributed by atoms with Crippen LogP contribution in [0.25, 0.3) is 0 Å². The van der Waals surface area contributed by atoms with Crippen molar-refractivity contribution < 1.29 is 14.0 Å². The van der Waals surface area contributed by atoms with E-state index in [2.05, 4.69) is 15.6 Å². The number of rotatable bonds is 4. The van der Waals surface area contributed by atoms with E-state index in [0.717, 1.165) is 28.2 Å². The number of thiazole rings is 1. The first-order valence-electron chi connectivity index (χ1n) is 8.93. The largest absolute Gasteiger partial charge is 0.326 e. The highest BCUT2D eigenvalue weighted by Gasteiger charge is 2.33. The molecule has 2 N–H and O–H groups in total. The smallest absolute Gasteiger partial charge is 0.257 e. The van der Waals surface area contributed by atoms with Gasteiger partial charge in [0.2, 0.25) is 5.91 Å². The van der Waals surface area contributed by atoms with Crippen molar-refractivity contribution >= 4 is 34.0 Å². The second kappa shape index (κ2) is 7.52. The van der Waals surface area contributed by atoms with Crippen LogP contribution in [0.1, 0.15) is 38.8 Å². The third-order valence-corrected chi connectivity index (χ3v) is 5.73. The van der Waals surface area contributed by atoms with Gasteiger partial charge in [0.05, 0.1) is 11.6 Å². The van der Waals surface area contributed by atoms with Crippen LogP contribution in [-0.4, -0.2) is 16.8 Å². The van der Waals surface area contributed by atoms with Crippen LogP contribution in [0.3, 0.4) is 0 Å². The Morgan fingerprint density at radius 1 is 1.07 bits per heavy atom. The van der Waals surface area contributed by atoms with Crippen LogP contribution < -0.4 is 10.6 Å². The van der Waals surface area contributed by atoms with Gasteiger partial charge in [0.25, 0.3) is 5.91 Å². The van der Waals surface area contributed by atoms with Crippen molar-refractivity contribution in [3.8, 4) is 0 Å². The fourth-order valence-electron chi connectivity index (χ4n) is 3.17. The van der Waals surface area contributed by atoms with Crippen LogP contribution >= 0.6 is 11.3 Å². The van der Waals surface area contributed by atoms with Crippen molar-refractivity contribution in [2.45, 2.75) is 25.7 Å². The summed E-state index contributed by atoms with van der Waals surface area (Å²) in [6.07, 6.45) is 1.46. The lowest BCUT2D eigenvalue weighted by Gasteiger charge is -2.11. The number of nitrogens with zero attached hydrogens (tertiary/aromatic N) is 1. The van der Waals surface area contributed by atoms with Crippen molar-refractivity contribution in [2.24, 2.45) is 0 Å². The zero-order valence-electron chi connectivity index (χ0n) is 15.2. The fourth-order valence-corrected chi connectivity index (χ4v) is 4.21. The first kappa shape index (κ1) is 18.3. The Balaban J connectivity index is 1.46. The number of fused-ring (bicyclic) bond motifs is 1. The number of amides is 2. The van der Waals surface area contributed by atoms with Crippen LogP contribution in [0.15, 0.2) is 48.5 Å². The van der Waals surface area contributed by atoms with Gasteiger partial charge < -0.3 is 5.32 Å². The van der Waals surface area contributed by atoms with E-state index in [1.807, 2.05) is 31.2 Å². The van der Waals surface area contributed by atoms with Crippen molar-refractivity contribution in [1.82, 2.24) is 4.98 Å². The molecule has 0 saturated carbocycles. The lowest BCUT2D eigenvalue weighted by molar-refractivity contribution is -0.117. The number of carbonyl (C=O) groups is 2. The first-order valence-corrected chi connectivity index (χ1v) is 9.75. The van der Waals surface area contributed by atoms with E-state index >= 15 is 0 Å². The molecule has 7 heteroatoms. The predicted octanol–water partition coefficient (Wildman–Crippen LogP) is 4.51. The minimum atomic E-state index is -0.396. The molecular weight excluding hydrogens is 377 g/mol. The highest BCUT2D eigenvalue weighted by atomic mass is 32.1. The van der Waals surface area contributed by atoms with Gasteiger partial charge in [-0.1, -0.05) is 17.7 Å². The average molecular weight is 395 g/mol. The predicted molar refractivity (Wildman–Crippen MR) is 107 cm³/mol. The fraction of sp³-hybridized carbons (Fsp3) is 0.190. The molecule has 1 heterocycles. The molecule has 0 spiro atoms. The normalized spacial score (nSPS) is 15.1. The molecule has 28 heavy (non-hydrogen) atoms. The van der Waals surface area contributed by atoms with E-state index in [1.165, 1.54) is 35.6 Å². The molecule has 0 fully saturated rings. The number of nitrogens with one attached hydrogen (secondary N) is 2. The summed E-state index contributed by atoms with van der Waals surface area (Å²) in [5.41, 5.74) is 2.96. The summed E-state index contributed by atoms with van der Waals surface area (Å²) in [7, 11) is 0. The van der Waals surface area contributed by atoms with Gasteiger partial charge in [-0.2, -0.15) is 0 Å². The van der Waals surface area contributed by atoms with Crippen molar-refractivity contribution in [1.29, 1.82) is 0 Å². The molecule has 1 aliphatic carbocycles. The zero-order chi connectivity index (χ0) is 19.7. The van der Waals surface area contributed by atoms with Gasteiger partial charge in [0.1, 0.15) is 5.82 Å². The zero-order valence-corrected chi connectivity index (χ0v) is 16.0. The van der Waals surface area contributed by atoms with Gasteiger partial charge in [-0.15, -0.1) is 11.3 Å². The van der Waals surface area contributed by atoms with Crippen molar-refractivity contribution in [3.05, 3.63) is 76.0 Å². The van der Waals surface area contributed by atoms with Gasteiger partial charge in [0.15, 0.2) is 5.13 Å². The number of anilines is 2. The van der Waals surface area contributed by atoms with E-state index in [1.54, 1.807) is 0 Å². The molecule has 5 nitrogen and oxygen atoms in total. The number of halogens is 1. The summed E-state index contributed by atoms with van der Waals surface area (Å²) in [4.78, 5) is 30.5. The molecular formula is C21H18FN3O2S. The second-order valence-electron chi connectivity index (χ2n) is 6.73. The Bertz CT molecular complexity index is 1030. The number of carbonyl (C=O) groups excluding carboxylic acids is 2. The maximum absolute atomic E-state index is 13.0. The van der Waals surface area contributed by atoms with Crippen LogP contribution in [0.2, 0.25) is 0 Å². The minimum Gasteiger partial charge on any atom is -0.326 e. The number of hydrogen-bond acceptors (Lipinski definition) is 4. The summed E-state index contributed by atoms with van der Waals surface area (Å²) in [6, 6.07) is 13.0. The van der Waals surface area contributed by atoms with E-state index in [-0.39, 0.29) is 17.7 Å². The number of aromatic nitrogens is 1. The molecule has 1 unspecified atom stereocenters. The van der Waals surface area contributed by atoms with Crippen LogP contribution in [0.4, 0.5) is 15.2 Å². The first-order chi connectivity index (χ1) is 13.5. The summed E-state index contributed by atoms with van der Waals surface area (Å²) in [5.74, 6) is -1.17. The topological polar surface area (TPSA) is 71.1 Å². The highest BCUT2D eigenvalue weighted by molar-refractivity contribution is 7.16. The van der Waals surface area contributed by atoms with E-state index in [9.17, 15) is 14.0 Å². The van der Waals surface area contributed by atoms with Crippen molar-refractivity contribution in [3.63, 3.8) is 0 Å². The Morgan fingerprint density at radius 3 is 2.50 bits per heavy atom. The van der Waals surface area contributed by atoms with Crippen molar-refractivity contribution in [2.75, 3.05) is 10.6 Å². The van der Waals surface area contributed by atoms with Gasteiger partial charge in [0, 0.05) is 16.1 Å². The average Bonchev–Trinajstić information content (AvgIpc) is 3.24. The van der Waals surface area contributed by atoms with Crippen LogP contribution in [0.5, 0.6) is 0 Å². The number of aryl methyl sites for hydroxylation is 2. The molecule has 142 valence electrons. The van der Waals surface area contributed by atoms with E-state index in [0.29, 0.717) is 17.1 Å². The van der Waals surface area contributed by atoms with Crippen LogP contribution in [0, 0.1) is 12.7 Å². The molecule has 1 aromatic heterocycles. The third-order valence-electron chi connectivity index (χ3n) is 4.68. The van der Waals surface area contributed by atoms with Gasteiger partial charge in [-0.3, -0.25) is 14.9 Å². The van der Waals surface area contributed by atoms with E-state index in [4.69, 9.17) is 0 Å². The Hall–Kier alpha value is -3.06. The van der Waals surface area contributed by atoms with Gasteiger partial charge in [-0.05, 0) is 56.2 Å². The van der Waals surface area contributed by atoms with Gasteiger partial charge >= 0.3 is 0 Å². The summed E-state index contributed by atoms with van der Waals surface area (Å²) < 4.78 is 13.0. The SMILES string of the molecule is Cc1ccc(NC(=O)C2CCc3sc(NC(=O)c4ccc(F)cc4)nc32)cc1. The summed E-state index contributed by atoms with van der Waals surface area (Å²) >= 11 is 1.38. The summed E-state index contributed by atoms with van der Waals surface area (Å²) in [5, 5.41) is 6.12. The lowest BCUT2D eigenvalue weighted by atomic mass is 10.1. The molecule has 3 aromatic rings. The molecule has 1 aliphatic rings. The second-order valence-corrected chi connectivity index (χ2v) is 7.82. The Kier molecular flexibility index (Phi) is 4.92. The monoisotopic (exact) mass is 395 g/mol. The number of benzene rings is 2. The Labute approximate surface area is 165 Å². The molecule has 2 amide bonds. The molecule has 0 aliphatic heterocycles. The minimum absolute atomic E-state index is 0.0932. The maximum Gasteiger partial charge on any atom is 0.257 e. The van der Waals surface area contributed by atoms with E-state index < -0.39 is 5.82 Å². The van der Waals surface area contributed by atoms with Gasteiger partial charge in [-0.25, -0.2) is 9.37 Å². The molecule has 4 rings (SSSR count). The molecule has 0 radical (unpaired) electrons. The maximum atomic E-state index is 13.0. The van der Waals surface area contributed by atoms with Crippen LogP contribution in [-0.2, 0) is 11.2 Å². The lowest BCUT2D eigenvalue weighted by Crippen LogP contribution is -2.20. The quantitative estimate of drug-likeness (QED) is 0.683. The standard InChI is InChI=1S/C21H18FN3O2S/c1-12-2-8-15(9-3-12)23-20(27)16-10-11-17-18(16)24-21(28-17)25-19(26)13-4-6-14(22)7-5-13/h2-9,16H,10-11H2,1H3,(H,23,27)(H,24,25,26). The molecule has 0 bridgehead atoms. The third kappa shape index (κ3) is 3.80.